The standard InChI is InChI=1S/C26H31ClN6O2/c1-16-10-29-6-4-17(16)11-31-24(34)13-33-15-25(2,3)35-14-23(33)26-20(8-18(27)9-22(26)28)19-5-7-30-12-21(19)32-26/h4-10,12,20,23,32H,11,13-15,28H2,1-3H3,(H,31,34)/t20?,23-,26?/m0/s1. The molecule has 0 saturated carbocycles. The summed E-state index contributed by atoms with van der Waals surface area (Å²) in [5, 5.41) is 7.34. The minimum Gasteiger partial charge on any atom is -0.400 e. The van der Waals surface area contributed by atoms with Gasteiger partial charge in [-0.1, -0.05) is 17.7 Å². The van der Waals surface area contributed by atoms with Gasteiger partial charge in [-0.2, -0.15) is 0 Å². The van der Waals surface area contributed by atoms with Crippen molar-refractivity contribution in [3.63, 3.8) is 0 Å². The highest BCUT2D eigenvalue weighted by Crippen LogP contribution is 2.52. The minimum absolute atomic E-state index is 0.0547. The van der Waals surface area contributed by atoms with E-state index in [1.54, 1.807) is 24.7 Å². The number of ether oxygens (including phenoxy) is 1. The number of morpholine rings is 1. The number of hydrogen-bond acceptors (Lipinski definition) is 7. The van der Waals surface area contributed by atoms with Crippen molar-refractivity contribution in [3.8, 4) is 0 Å². The molecule has 9 heteroatoms. The summed E-state index contributed by atoms with van der Waals surface area (Å²) in [6.07, 6.45) is 11.0. The van der Waals surface area contributed by atoms with Crippen LogP contribution in [0.15, 0.2) is 59.8 Å². The van der Waals surface area contributed by atoms with Crippen LogP contribution in [-0.2, 0) is 16.1 Å². The summed E-state index contributed by atoms with van der Waals surface area (Å²) >= 11 is 6.47. The molecule has 184 valence electrons. The van der Waals surface area contributed by atoms with E-state index in [9.17, 15) is 4.79 Å². The zero-order valence-corrected chi connectivity index (χ0v) is 21.0. The molecule has 0 spiro atoms. The van der Waals surface area contributed by atoms with Gasteiger partial charge in [0.15, 0.2) is 0 Å². The van der Waals surface area contributed by atoms with Crippen molar-refractivity contribution in [1.29, 1.82) is 0 Å². The van der Waals surface area contributed by atoms with E-state index in [4.69, 9.17) is 22.1 Å². The molecule has 1 aliphatic carbocycles. The van der Waals surface area contributed by atoms with Crippen LogP contribution < -0.4 is 16.4 Å². The maximum absolute atomic E-state index is 13.2. The van der Waals surface area contributed by atoms with Crippen molar-refractivity contribution < 1.29 is 9.53 Å². The van der Waals surface area contributed by atoms with Crippen molar-refractivity contribution in [2.24, 2.45) is 5.73 Å². The Morgan fingerprint density at radius 3 is 2.89 bits per heavy atom. The van der Waals surface area contributed by atoms with Gasteiger partial charge in [-0.25, -0.2) is 0 Å². The predicted octanol–water partition coefficient (Wildman–Crippen LogP) is 2.81. The van der Waals surface area contributed by atoms with E-state index in [0.717, 1.165) is 22.4 Å². The Morgan fingerprint density at radius 1 is 1.31 bits per heavy atom. The summed E-state index contributed by atoms with van der Waals surface area (Å²) in [7, 11) is 0. The molecular formula is C26H31ClN6O2. The molecule has 3 atom stereocenters. The summed E-state index contributed by atoms with van der Waals surface area (Å²) in [6, 6.07) is 3.71. The summed E-state index contributed by atoms with van der Waals surface area (Å²) in [5.41, 5.74) is 10.3. The van der Waals surface area contributed by atoms with Gasteiger partial charge in [0, 0.05) is 48.3 Å². The number of aryl methyl sites for hydroxylation is 1. The second-order valence-corrected chi connectivity index (χ2v) is 10.6. The molecule has 4 heterocycles. The molecule has 0 radical (unpaired) electrons. The summed E-state index contributed by atoms with van der Waals surface area (Å²) in [6.45, 7) is 7.74. The number of anilines is 1. The highest BCUT2D eigenvalue weighted by atomic mass is 35.5. The fraction of sp³-hybridized carbons (Fsp3) is 0.423. The van der Waals surface area contributed by atoms with Gasteiger partial charge in [0.1, 0.15) is 5.54 Å². The van der Waals surface area contributed by atoms with Crippen LogP contribution >= 0.6 is 11.6 Å². The first-order valence-electron chi connectivity index (χ1n) is 11.8. The molecule has 1 saturated heterocycles. The lowest BCUT2D eigenvalue weighted by Crippen LogP contribution is -2.68. The van der Waals surface area contributed by atoms with Crippen LogP contribution in [0.4, 0.5) is 5.69 Å². The van der Waals surface area contributed by atoms with E-state index in [0.29, 0.717) is 30.4 Å². The average molecular weight is 495 g/mol. The highest BCUT2D eigenvalue weighted by molar-refractivity contribution is 6.31. The van der Waals surface area contributed by atoms with Gasteiger partial charge in [-0.15, -0.1) is 0 Å². The number of amides is 1. The van der Waals surface area contributed by atoms with Crippen molar-refractivity contribution in [3.05, 3.63) is 76.5 Å². The molecular weight excluding hydrogens is 464 g/mol. The number of pyridine rings is 2. The molecule has 0 bridgehead atoms. The van der Waals surface area contributed by atoms with E-state index < -0.39 is 11.1 Å². The average Bonchev–Trinajstić information content (AvgIpc) is 3.13. The van der Waals surface area contributed by atoms with Crippen LogP contribution in [0.5, 0.6) is 0 Å². The maximum Gasteiger partial charge on any atom is 0.234 e. The largest absolute Gasteiger partial charge is 0.400 e. The molecule has 3 aliphatic rings. The first-order valence-corrected chi connectivity index (χ1v) is 12.2. The number of aromatic nitrogens is 2. The summed E-state index contributed by atoms with van der Waals surface area (Å²) in [4.78, 5) is 23.8. The van der Waals surface area contributed by atoms with E-state index in [-0.39, 0.29) is 24.4 Å². The third kappa shape index (κ3) is 4.30. The predicted molar refractivity (Wildman–Crippen MR) is 136 cm³/mol. The first kappa shape index (κ1) is 23.8. The Bertz CT molecular complexity index is 1210. The van der Waals surface area contributed by atoms with Gasteiger partial charge in [0.2, 0.25) is 5.91 Å². The Kier molecular flexibility index (Phi) is 6.07. The Morgan fingerprint density at radius 2 is 2.09 bits per heavy atom. The zero-order valence-electron chi connectivity index (χ0n) is 20.2. The monoisotopic (exact) mass is 494 g/mol. The van der Waals surface area contributed by atoms with Crippen molar-refractivity contribution in [2.75, 3.05) is 25.0 Å². The fourth-order valence-electron chi connectivity index (χ4n) is 5.53. The fourth-order valence-corrected chi connectivity index (χ4v) is 5.78. The minimum atomic E-state index is -0.706. The number of carbonyl (C=O) groups is 1. The number of fused-ring (bicyclic) bond motifs is 3. The second-order valence-electron chi connectivity index (χ2n) is 10.2. The topological polar surface area (TPSA) is 105 Å². The normalized spacial score (nSPS) is 27.2. The van der Waals surface area contributed by atoms with Gasteiger partial charge in [-0.05, 0) is 55.7 Å². The molecule has 4 N–H and O–H groups in total. The smallest absolute Gasteiger partial charge is 0.234 e. The molecule has 35 heavy (non-hydrogen) atoms. The molecule has 0 aromatic carbocycles. The lowest BCUT2D eigenvalue weighted by molar-refractivity contribution is -0.140. The molecule has 5 rings (SSSR count). The van der Waals surface area contributed by atoms with Crippen LogP contribution in [-0.4, -0.2) is 57.7 Å². The number of hydrogen-bond donors (Lipinski definition) is 3. The number of allylic oxidation sites excluding steroid dienone is 2. The lowest BCUT2D eigenvalue weighted by Gasteiger charge is -2.53. The second kappa shape index (κ2) is 8.93. The molecule has 2 unspecified atom stereocenters. The quantitative estimate of drug-likeness (QED) is 0.587. The van der Waals surface area contributed by atoms with E-state index in [1.165, 1.54) is 0 Å². The van der Waals surface area contributed by atoms with Gasteiger partial charge in [0.05, 0.1) is 36.7 Å². The van der Waals surface area contributed by atoms with Gasteiger partial charge < -0.3 is 21.1 Å². The SMILES string of the molecule is Cc1cnccc1CNC(=O)CN1CC(C)(C)OC[C@H]1C12Nc3cnccc3C1C=C(Cl)C=C2N. The summed E-state index contributed by atoms with van der Waals surface area (Å²) < 4.78 is 6.29. The van der Waals surface area contributed by atoms with Gasteiger partial charge in [0.25, 0.3) is 0 Å². The van der Waals surface area contributed by atoms with Gasteiger partial charge >= 0.3 is 0 Å². The molecule has 2 aliphatic heterocycles. The number of nitrogens with one attached hydrogen (secondary N) is 2. The molecule has 2 aromatic heterocycles. The number of halogens is 1. The van der Waals surface area contributed by atoms with Crippen LogP contribution in [0, 0.1) is 6.92 Å². The van der Waals surface area contributed by atoms with Crippen LogP contribution in [0.3, 0.4) is 0 Å². The third-order valence-corrected chi connectivity index (χ3v) is 7.50. The van der Waals surface area contributed by atoms with E-state index in [1.807, 2.05) is 45.2 Å². The highest BCUT2D eigenvalue weighted by Gasteiger charge is 2.57. The molecule has 8 nitrogen and oxygen atoms in total. The Hall–Kier alpha value is -2.94. The summed E-state index contributed by atoms with van der Waals surface area (Å²) in [5.74, 6) is -0.168. The molecule has 2 aromatic rings. The molecule has 1 amide bonds. The van der Waals surface area contributed by atoms with Crippen molar-refractivity contribution in [1.82, 2.24) is 20.2 Å². The van der Waals surface area contributed by atoms with Crippen molar-refractivity contribution in [2.45, 2.75) is 50.4 Å². The number of carbonyl (C=O) groups excluding carboxylic acids is 1. The number of nitrogens with two attached hydrogens (primary N) is 1. The van der Waals surface area contributed by atoms with Crippen LogP contribution in [0.25, 0.3) is 0 Å². The Balaban J connectivity index is 1.44. The van der Waals surface area contributed by atoms with Gasteiger partial charge in [-0.3, -0.25) is 19.7 Å². The Labute approximate surface area is 210 Å². The molecule has 1 fully saturated rings. The lowest BCUT2D eigenvalue weighted by atomic mass is 9.71. The first-order chi connectivity index (χ1) is 16.7. The maximum atomic E-state index is 13.2. The van der Waals surface area contributed by atoms with Crippen LogP contribution in [0.1, 0.15) is 36.5 Å². The van der Waals surface area contributed by atoms with E-state index >= 15 is 0 Å². The number of nitrogens with zero attached hydrogens (tertiary/aromatic N) is 3. The van der Waals surface area contributed by atoms with E-state index in [2.05, 4.69) is 25.5 Å². The third-order valence-electron chi connectivity index (χ3n) is 7.26. The van der Waals surface area contributed by atoms with Crippen LogP contribution in [0.2, 0.25) is 0 Å². The zero-order chi connectivity index (χ0) is 24.8. The van der Waals surface area contributed by atoms with Crippen molar-refractivity contribution >= 4 is 23.2 Å². The number of rotatable bonds is 5.